The third-order valence-corrected chi connectivity index (χ3v) is 3.41. The molecule has 0 radical (unpaired) electrons. The number of carbonyl (C=O) groups excluding carboxylic acids is 1. The molecule has 1 amide bonds. The van der Waals surface area contributed by atoms with Crippen molar-refractivity contribution in [2.24, 2.45) is 0 Å². The van der Waals surface area contributed by atoms with Crippen molar-refractivity contribution in [1.29, 1.82) is 0 Å². The number of halogens is 1. The van der Waals surface area contributed by atoms with Gasteiger partial charge in [0.25, 0.3) is 0 Å². The first-order valence-corrected chi connectivity index (χ1v) is 6.92. The summed E-state index contributed by atoms with van der Waals surface area (Å²) in [5.41, 5.74) is 1.04. The van der Waals surface area contributed by atoms with Crippen molar-refractivity contribution in [2.45, 2.75) is 26.3 Å². The van der Waals surface area contributed by atoms with Crippen molar-refractivity contribution in [1.82, 2.24) is 10.2 Å². The summed E-state index contributed by atoms with van der Waals surface area (Å²) in [5, 5.41) is 3.29. The molecule has 5 heteroatoms. The van der Waals surface area contributed by atoms with Crippen LogP contribution in [0.25, 0.3) is 0 Å². The Bertz CT molecular complexity index is 422. The van der Waals surface area contributed by atoms with Crippen molar-refractivity contribution in [3.8, 4) is 5.75 Å². The van der Waals surface area contributed by atoms with E-state index in [0.717, 1.165) is 30.9 Å². The molecule has 1 N–H and O–H groups in total. The summed E-state index contributed by atoms with van der Waals surface area (Å²) in [7, 11) is 0. The van der Waals surface area contributed by atoms with Gasteiger partial charge in [0.1, 0.15) is 5.75 Å². The van der Waals surface area contributed by atoms with Crippen molar-refractivity contribution in [2.75, 3.05) is 26.2 Å². The lowest BCUT2D eigenvalue weighted by Crippen LogP contribution is -2.52. The van der Waals surface area contributed by atoms with E-state index in [1.54, 1.807) is 0 Å². The minimum Gasteiger partial charge on any atom is -0.494 e. The minimum atomic E-state index is 0. The minimum absolute atomic E-state index is 0. The molecule has 1 aromatic carbocycles. The maximum Gasteiger partial charge on any atom is 0.227 e. The molecule has 0 saturated carbocycles. The molecule has 0 unspecified atom stereocenters. The van der Waals surface area contributed by atoms with Crippen LogP contribution in [0.1, 0.15) is 19.4 Å². The first-order chi connectivity index (χ1) is 9.20. The van der Waals surface area contributed by atoms with Crippen LogP contribution in [0.15, 0.2) is 24.3 Å². The maximum absolute atomic E-state index is 12.3. The normalized spacial score (nSPS) is 18.3. The number of hydrogen-bond acceptors (Lipinski definition) is 3. The van der Waals surface area contributed by atoms with E-state index < -0.39 is 0 Å². The Kier molecular flexibility index (Phi) is 6.82. The second kappa shape index (κ2) is 8.12. The van der Waals surface area contributed by atoms with Gasteiger partial charge in [-0.3, -0.25) is 4.79 Å². The molecule has 1 saturated heterocycles. The van der Waals surface area contributed by atoms with E-state index in [4.69, 9.17) is 4.74 Å². The van der Waals surface area contributed by atoms with E-state index in [-0.39, 0.29) is 24.4 Å². The lowest BCUT2D eigenvalue weighted by molar-refractivity contribution is -0.133. The van der Waals surface area contributed by atoms with Gasteiger partial charge in [0, 0.05) is 25.7 Å². The Morgan fingerprint density at radius 3 is 2.70 bits per heavy atom. The van der Waals surface area contributed by atoms with Crippen LogP contribution in [0, 0.1) is 0 Å². The largest absolute Gasteiger partial charge is 0.494 e. The van der Waals surface area contributed by atoms with Crippen LogP contribution in [0.3, 0.4) is 0 Å². The second-order valence-corrected chi connectivity index (χ2v) is 4.89. The summed E-state index contributed by atoms with van der Waals surface area (Å²) in [4.78, 5) is 14.2. The van der Waals surface area contributed by atoms with Crippen LogP contribution in [-0.4, -0.2) is 43.1 Å². The molecule has 0 aliphatic carbocycles. The Morgan fingerprint density at radius 2 is 2.10 bits per heavy atom. The number of amides is 1. The molecule has 0 spiro atoms. The molecule has 0 aromatic heterocycles. The molecule has 1 aromatic rings. The van der Waals surface area contributed by atoms with Crippen molar-refractivity contribution in [3.05, 3.63) is 29.8 Å². The molecule has 1 fully saturated rings. The summed E-state index contributed by atoms with van der Waals surface area (Å²) >= 11 is 0. The molecule has 1 atom stereocenters. The second-order valence-electron chi connectivity index (χ2n) is 4.89. The molecule has 1 aliphatic heterocycles. The van der Waals surface area contributed by atoms with Crippen LogP contribution < -0.4 is 10.1 Å². The van der Waals surface area contributed by atoms with Gasteiger partial charge in [-0.15, -0.1) is 12.4 Å². The van der Waals surface area contributed by atoms with Gasteiger partial charge < -0.3 is 15.0 Å². The number of rotatable bonds is 4. The van der Waals surface area contributed by atoms with Gasteiger partial charge >= 0.3 is 0 Å². The van der Waals surface area contributed by atoms with Gasteiger partial charge in [0.2, 0.25) is 5.91 Å². The van der Waals surface area contributed by atoms with Crippen LogP contribution in [0.5, 0.6) is 5.75 Å². The van der Waals surface area contributed by atoms with Crippen LogP contribution in [0.4, 0.5) is 0 Å². The molecule has 4 nitrogen and oxygen atoms in total. The first kappa shape index (κ1) is 16.8. The fraction of sp³-hybridized carbons (Fsp3) is 0.533. The zero-order valence-electron chi connectivity index (χ0n) is 12.1. The molecule has 1 heterocycles. The average molecular weight is 299 g/mol. The third-order valence-electron chi connectivity index (χ3n) is 3.41. The maximum atomic E-state index is 12.3. The highest BCUT2D eigenvalue weighted by molar-refractivity contribution is 5.85. The summed E-state index contributed by atoms with van der Waals surface area (Å²) < 4.78 is 5.40. The highest BCUT2D eigenvalue weighted by Crippen LogP contribution is 2.14. The number of nitrogens with one attached hydrogen (secondary N) is 1. The number of carbonyl (C=O) groups is 1. The molecule has 1 aliphatic rings. The van der Waals surface area contributed by atoms with E-state index in [1.807, 2.05) is 36.1 Å². The van der Waals surface area contributed by atoms with Crippen molar-refractivity contribution >= 4 is 18.3 Å². The predicted octanol–water partition coefficient (Wildman–Crippen LogP) is 1.87. The van der Waals surface area contributed by atoms with E-state index in [2.05, 4.69) is 12.2 Å². The van der Waals surface area contributed by atoms with E-state index in [1.165, 1.54) is 0 Å². The average Bonchev–Trinajstić information content (AvgIpc) is 2.42. The Morgan fingerprint density at radius 1 is 1.40 bits per heavy atom. The highest BCUT2D eigenvalue weighted by atomic mass is 35.5. The van der Waals surface area contributed by atoms with E-state index >= 15 is 0 Å². The van der Waals surface area contributed by atoms with Crippen molar-refractivity contribution in [3.63, 3.8) is 0 Å². The highest BCUT2D eigenvalue weighted by Gasteiger charge is 2.22. The number of benzene rings is 1. The van der Waals surface area contributed by atoms with Gasteiger partial charge in [-0.25, -0.2) is 0 Å². The summed E-state index contributed by atoms with van der Waals surface area (Å²) in [6.07, 6.45) is 0.469. The monoisotopic (exact) mass is 298 g/mol. The summed E-state index contributed by atoms with van der Waals surface area (Å²) in [5.74, 6) is 1.06. The lowest BCUT2D eigenvalue weighted by Gasteiger charge is -2.34. The van der Waals surface area contributed by atoms with Gasteiger partial charge in [0.15, 0.2) is 0 Å². The number of piperazine rings is 1. The van der Waals surface area contributed by atoms with Gasteiger partial charge in [-0.2, -0.15) is 0 Å². The number of ether oxygens (including phenoxy) is 1. The smallest absolute Gasteiger partial charge is 0.227 e. The van der Waals surface area contributed by atoms with Gasteiger partial charge in [-0.05, 0) is 31.5 Å². The van der Waals surface area contributed by atoms with E-state index in [9.17, 15) is 4.79 Å². The SMILES string of the molecule is CCOc1ccc(CC(=O)N2CCNC[C@H]2C)cc1.Cl. The molecule has 20 heavy (non-hydrogen) atoms. The summed E-state index contributed by atoms with van der Waals surface area (Å²) in [6, 6.07) is 8.07. The Hall–Kier alpha value is -1.26. The van der Waals surface area contributed by atoms with Crippen molar-refractivity contribution < 1.29 is 9.53 Å². The lowest BCUT2D eigenvalue weighted by atomic mass is 10.1. The third kappa shape index (κ3) is 4.39. The Labute approximate surface area is 126 Å². The summed E-state index contributed by atoms with van der Waals surface area (Å²) in [6.45, 7) is 7.29. The fourth-order valence-electron chi connectivity index (χ4n) is 2.36. The molecule has 112 valence electrons. The molecule has 0 bridgehead atoms. The zero-order chi connectivity index (χ0) is 13.7. The molecular formula is C15H23ClN2O2. The van der Waals surface area contributed by atoms with Crippen LogP contribution in [0.2, 0.25) is 0 Å². The number of hydrogen-bond donors (Lipinski definition) is 1. The molecular weight excluding hydrogens is 276 g/mol. The van der Waals surface area contributed by atoms with E-state index in [0.29, 0.717) is 13.0 Å². The number of nitrogens with zero attached hydrogens (tertiary/aromatic N) is 1. The topological polar surface area (TPSA) is 41.6 Å². The van der Waals surface area contributed by atoms with Crippen LogP contribution in [-0.2, 0) is 11.2 Å². The van der Waals surface area contributed by atoms with Gasteiger partial charge in [0.05, 0.1) is 13.0 Å². The fourth-order valence-corrected chi connectivity index (χ4v) is 2.36. The Balaban J connectivity index is 0.00000200. The van der Waals surface area contributed by atoms with Crippen LogP contribution >= 0.6 is 12.4 Å². The first-order valence-electron chi connectivity index (χ1n) is 6.92. The predicted molar refractivity (Wildman–Crippen MR) is 82.6 cm³/mol. The molecule has 2 rings (SSSR count). The zero-order valence-corrected chi connectivity index (χ0v) is 12.9. The van der Waals surface area contributed by atoms with Gasteiger partial charge in [-0.1, -0.05) is 12.1 Å². The quantitative estimate of drug-likeness (QED) is 0.923. The standard InChI is InChI=1S/C15H22N2O2.ClH/c1-3-19-14-6-4-13(5-7-14)10-15(18)17-9-8-16-11-12(17)2;/h4-7,12,16H,3,8-11H2,1-2H3;1H/t12-;/m1./s1.